The van der Waals surface area contributed by atoms with Gasteiger partial charge in [0, 0.05) is 6.54 Å². The minimum absolute atomic E-state index is 0.110. The quantitative estimate of drug-likeness (QED) is 0.626. The molecule has 0 aromatic rings. The molecular weight excluding hydrogens is 216 g/mol. The Morgan fingerprint density at radius 3 is 2.53 bits per heavy atom. The van der Waals surface area contributed by atoms with Gasteiger partial charge in [-0.2, -0.15) is 0 Å². The van der Waals surface area contributed by atoms with Gasteiger partial charge in [0.05, 0.1) is 13.0 Å². The number of hydrogen-bond acceptors (Lipinski definition) is 4. The number of nitrogens with two attached hydrogens (primary N) is 1. The third-order valence-electron chi connectivity index (χ3n) is 2.95. The van der Waals surface area contributed by atoms with Gasteiger partial charge < -0.3 is 15.4 Å². The molecule has 0 aliphatic heterocycles. The molecule has 0 aromatic heterocycles. The first-order valence-corrected chi connectivity index (χ1v) is 6.45. The lowest BCUT2D eigenvalue weighted by atomic mass is 9.88. The summed E-state index contributed by atoms with van der Waals surface area (Å²) in [5.41, 5.74) is 5.90. The molecule has 0 saturated carbocycles. The average molecular weight is 244 g/mol. The van der Waals surface area contributed by atoms with Crippen molar-refractivity contribution in [2.45, 2.75) is 40.0 Å². The molecule has 0 aromatic carbocycles. The van der Waals surface area contributed by atoms with E-state index in [0.29, 0.717) is 13.0 Å². The van der Waals surface area contributed by atoms with Crippen molar-refractivity contribution in [2.75, 3.05) is 33.3 Å². The first-order chi connectivity index (χ1) is 7.91. The summed E-state index contributed by atoms with van der Waals surface area (Å²) in [6.07, 6.45) is 2.71. The van der Waals surface area contributed by atoms with Crippen LogP contribution < -0.4 is 5.73 Å². The maximum atomic E-state index is 11.2. The molecule has 0 heterocycles. The van der Waals surface area contributed by atoms with E-state index in [1.807, 2.05) is 14.0 Å². The van der Waals surface area contributed by atoms with Crippen molar-refractivity contribution in [1.82, 2.24) is 4.90 Å². The van der Waals surface area contributed by atoms with Crippen LogP contribution in [0, 0.1) is 5.41 Å². The summed E-state index contributed by atoms with van der Waals surface area (Å²) in [4.78, 5) is 13.3. The van der Waals surface area contributed by atoms with Gasteiger partial charge in [0.1, 0.15) is 0 Å². The van der Waals surface area contributed by atoms with Crippen molar-refractivity contribution in [2.24, 2.45) is 11.1 Å². The van der Waals surface area contributed by atoms with Crippen LogP contribution in [-0.4, -0.2) is 44.2 Å². The van der Waals surface area contributed by atoms with Gasteiger partial charge >= 0.3 is 5.97 Å². The van der Waals surface area contributed by atoms with Crippen LogP contribution in [0.15, 0.2) is 0 Å². The molecule has 0 amide bonds. The van der Waals surface area contributed by atoms with Gasteiger partial charge in [-0.3, -0.25) is 4.79 Å². The standard InChI is InChI=1S/C13H28N2O2/c1-5-17-12(16)7-10-15(4)9-6-8-13(2,3)11-14/h5-11,14H2,1-4H3. The third-order valence-corrected chi connectivity index (χ3v) is 2.95. The highest BCUT2D eigenvalue weighted by Gasteiger charge is 2.15. The topological polar surface area (TPSA) is 55.6 Å². The largest absolute Gasteiger partial charge is 0.466 e. The molecule has 4 heteroatoms. The fourth-order valence-electron chi connectivity index (χ4n) is 1.56. The minimum atomic E-state index is -0.110. The Balaban J connectivity index is 3.59. The first kappa shape index (κ1) is 16.4. The molecule has 4 nitrogen and oxygen atoms in total. The molecule has 0 unspecified atom stereocenters. The Kier molecular flexibility index (Phi) is 8.17. The van der Waals surface area contributed by atoms with Gasteiger partial charge in [-0.25, -0.2) is 0 Å². The minimum Gasteiger partial charge on any atom is -0.466 e. The fraction of sp³-hybridized carbons (Fsp3) is 0.923. The fourth-order valence-corrected chi connectivity index (χ4v) is 1.56. The number of carbonyl (C=O) groups excluding carboxylic acids is 1. The Morgan fingerprint density at radius 1 is 1.35 bits per heavy atom. The molecule has 0 atom stereocenters. The van der Waals surface area contributed by atoms with E-state index in [0.717, 1.165) is 32.5 Å². The lowest BCUT2D eigenvalue weighted by molar-refractivity contribution is -0.143. The van der Waals surface area contributed by atoms with Crippen LogP contribution in [0.3, 0.4) is 0 Å². The Morgan fingerprint density at radius 2 is 2.00 bits per heavy atom. The van der Waals surface area contributed by atoms with Crippen LogP contribution in [-0.2, 0) is 9.53 Å². The van der Waals surface area contributed by atoms with Gasteiger partial charge in [0.2, 0.25) is 0 Å². The maximum absolute atomic E-state index is 11.2. The zero-order chi connectivity index (χ0) is 13.3. The van der Waals surface area contributed by atoms with E-state index < -0.39 is 0 Å². The molecule has 0 fully saturated rings. The maximum Gasteiger partial charge on any atom is 0.307 e. The van der Waals surface area contributed by atoms with Gasteiger partial charge in [0.15, 0.2) is 0 Å². The van der Waals surface area contributed by atoms with Crippen molar-refractivity contribution in [3.8, 4) is 0 Å². The van der Waals surface area contributed by atoms with E-state index >= 15 is 0 Å². The predicted molar refractivity (Wildman–Crippen MR) is 70.8 cm³/mol. The first-order valence-electron chi connectivity index (χ1n) is 6.45. The predicted octanol–water partition coefficient (Wildman–Crippen LogP) is 1.64. The lowest BCUT2D eigenvalue weighted by Crippen LogP contribution is -2.27. The molecule has 102 valence electrons. The van der Waals surface area contributed by atoms with E-state index in [-0.39, 0.29) is 11.4 Å². The van der Waals surface area contributed by atoms with Crippen molar-refractivity contribution in [3.05, 3.63) is 0 Å². The van der Waals surface area contributed by atoms with Gasteiger partial charge in [-0.05, 0) is 45.3 Å². The second-order valence-electron chi connectivity index (χ2n) is 5.33. The molecule has 17 heavy (non-hydrogen) atoms. The van der Waals surface area contributed by atoms with Crippen molar-refractivity contribution in [3.63, 3.8) is 0 Å². The molecule has 0 radical (unpaired) electrons. The van der Waals surface area contributed by atoms with Crippen LogP contribution >= 0.6 is 0 Å². The van der Waals surface area contributed by atoms with E-state index in [2.05, 4.69) is 18.7 Å². The Labute approximate surface area is 105 Å². The molecule has 2 N–H and O–H groups in total. The summed E-state index contributed by atoms with van der Waals surface area (Å²) in [6, 6.07) is 0. The molecule has 0 rings (SSSR count). The van der Waals surface area contributed by atoms with E-state index in [1.54, 1.807) is 0 Å². The number of hydrogen-bond donors (Lipinski definition) is 1. The van der Waals surface area contributed by atoms with Crippen LogP contribution in [0.25, 0.3) is 0 Å². The number of nitrogens with zero attached hydrogens (tertiary/aromatic N) is 1. The van der Waals surface area contributed by atoms with Crippen LogP contribution in [0.2, 0.25) is 0 Å². The number of rotatable bonds is 9. The third kappa shape index (κ3) is 9.12. The average Bonchev–Trinajstić information content (AvgIpc) is 2.26. The summed E-state index contributed by atoms with van der Waals surface area (Å²) in [7, 11) is 2.04. The van der Waals surface area contributed by atoms with Crippen molar-refractivity contribution < 1.29 is 9.53 Å². The van der Waals surface area contributed by atoms with Crippen molar-refractivity contribution in [1.29, 1.82) is 0 Å². The Bertz CT molecular complexity index is 217. The second kappa shape index (κ2) is 8.48. The Hall–Kier alpha value is -0.610. The van der Waals surface area contributed by atoms with Crippen molar-refractivity contribution >= 4 is 5.97 Å². The SMILES string of the molecule is CCOC(=O)CCN(C)CCCC(C)(C)CN. The highest BCUT2D eigenvalue weighted by atomic mass is 16.5. The molecule has 0 saturated heterocycles. The van der Waals surface area contributed by atoms with Gasteiger partial charge in [-0.1, -0.05) is 13.8 Å². The second-order valence-corrected chi connectivity index (χ2v) is 5.33. The summed E-state index contributed by atoms with van der Waals surface area (Å²) < 4.78 is 4.89. The summed E-state index contributed by atoms with van der Waals surface area (Å²) in [5, 5.41) is 0. The zero-order valence-corrected chi connectivity index (χ0v) is 11.8. The molecule has 0 aliphatic carbocycles. The summed E-state index contributed by atoms with van der Waals surface area (Å²) in [6.45, 7) is 9.16. The van der Waals surface area contributed by atoms with Crippen LogP contribution in [0.1, 0.15) is 40.0 Å². The molecule has 0 aliphatic rings. The molecule has 0 bridgehead atoms. The normalized spacial score (nSPS) is 11.9. The molecular formula is C13H28N2O2. The summed E-state index contributed by atoms with van der Waals surface area (Å²) in [5.74, 6) is -0.110. The zero-order valence-electron chi connectivity index (χ0n) is 11.8. The highest BCUT2D eigenvalue weighted by Crippen LogP contribution is 2.20. The number of esters is 1. The van der Waals surface area contributed by atoms with E-state index in [9.17, 15) is 4.79 Å². The lowest BCUT2D eigenvalue weighted by Gasteiger charge is -2.24. The number of carbonyl (C=O) groups is 1. The van der Waals surface area contributed by atoms with Gasteiger partial charge in [0.25, 0.3) is 0 Å². The van der Waals surface area contributed by atoms with E-state index in [4.69, 9.17) is 10.5 Å². The monoisotopic (exact) mass is 244 g/mol. The van der Waals surface area contributed by atoms with E-state index in [1.165, 1.54) is 0 Å². The highest BCUT2D eigenvalue weighted by molar-refractivity contribution is 5.69. The smallest absolute Gasteiger partial charge is 0.307 e. The molecule has 0 spiro atoms. The summed E-state index contributed by atoms with van der Waals surface area (Å²) >= 11 is 0. The number of ether oxygens (including phenoxy) is 1. The van der Waals surface area contributed by atoms with Gasteiger partial charge in [-0.15, -0.1) is 0 Å². The van der Waals surface area contributed by atoms with Crippen LogP contribution in [0.4, 0.5) is 0 Å². The van der Waals surface area contributed by atoms with Crippen LogP contribution in [0.5, 0.6) is 0 Å².